The van der Waals surface area contributed by atoms with Crippen LogP contribution in [0.15, 0.2) is 12.1 Å². The van der Waals surface area contributed by atoms with Gasteiger partial charge in [-0.25, -0.2) is 0 Å². The van der Waals surface area contributed by atoms with Crippen molar-refractivity contribution in [1.29, 1.82) is 0 Å². The summed E-state index contributed by atoms with van der Waals surface area (Å²) >= 11 is 0. The van der Waals surface area contributed by atoms with Gasteiger partial charge in [0.15, 0.2) is 0 Å². The van der Waals surface area contributed by atoms with Crippen molar-refractivity contribution in [3.05, 3.63) is 12.1 Å². The second-order valence-electron chi connectivity index (χ2n) is 3.12. The molecule has 1 fully saturated rings. The first-order valence-electron chi connectivity index (χ1n) is 4.19. The summed E-state index contributed by atoms with van der Waals surface area (Å²) in [6, 6.07) is 0.355. The van der Waals surface area contributed by atoms with E-state index in [4.69, 9.17) is 10.6 Å². The lowest BCUT2D eigenvalue weighted by atomic mass is 10.1. The van der Waals surface area contributed by atoms with E-state index in [0.29, 0.717) is 6.04 Å². The smallest absolute Gasteiger partial charge is 0.236 e. The second kappa shape index (κ2) is 3.20. The Morgan fingerprint density at radius 1 is 1.58 bits per heavy atom. The molecule has 0 saturated carbocycles. The summed E-state index contributed by atoms with van der Waals surface area (Å²) in [7, 11) is 0. The van der Waals surface area contributed by atoms with Crippen LogP contribution in [0, 0.1) is 0 Å². The highest BCUT2D eigenvalue weighted by Crippen LogP contribution is 2.15. The van der Waals surface area contributed by atoms with E-state index >= 15 is 0 Å². The van der Waals surface area contributed by atoms with Crippen LogP contribution in [0.5, 0.6) is 0 Å². The fourth-order valence-electron chi connectivity index (χ4n) is 1.45. The van der Waals surface area contributed by atoms with Crippen LogP contribution >= 0.6 is 0 Å². The van der Waals surface area contributed by atoms with Crippen molar-refractivity contribution in [2.45, 2.75) is 18.9 Å². The molecule has 2 rings (SSSR count). The molecule has 0 aromatic rings. The summed E-state index contributed by atoms with van der Waals surface area (Å²) in [5, 5.41) is 0. The zero-order valence-electron chi connectivity index (χ0n) is 6.86. The van der Waals surface area contributed by atoms with Crippen LogP contribution < -0.4 is 16.7 Å². The second-order valence-corrected chi connectivity index (χ2v) is 3.12. The Bertz CT molecular complexity index is 186. The number of nitrogens with two attached hydrogens (primary N) is 1. The Kier molecular flexibility index (Phi) is 2.05. The van der Waals surface area contributed by atoms with Gasteiger partial charge in [-0.15, -0.1) is 0 Å². The molecule has 0 amide bonds. The van der Waals surface area contributed by atoms with Gasteiger partial charge in [0.25, 0.3) is 0 Å². The maximum absolute atomic E-state index is 5.77. The molecular weight excluding hydrogens is 156 g/mol. The lowest BCUT2D eigenvalue weighted by Gasteiger charge is -2.30. The number of hydrogen-bond donors (Lipinski definition) is 2. The quantitative estimate of drug-likeness (QED) is 0.543. The van der Waals surface area contributed by atoms with E-state index in [1.54, 1.807) is 6.20 Å². The summed E-state index contributed by atoms with van der Waals surface area (Å²) in [5.41, 5.74) is 12.0. The van der Waals surface area contributed by atoms with E-state index in [0.717, 1.165) is 31.8 Å². The normalized spacial score (nSPS) is 24.8. The van der Waals surface area contributed by atoms with Gasteiger partial charge in [0.2, 0.25) is 5.88 Å². The van der Waals surface area contributed by atoms with E-state index < -0.39 is 0 Å². The molecule has 1 radical (unpaired) electrons. The number of nitrogens with one attached hydrogen (secondary N) is 1. The molecule has 2 aliphatic rings. The van der Waals surface area contributed by atoms with Gasteiger partial charge in [-0.3, -0.25) is 5.43 Å². The highest BCUT2D eigenvalue weighted by molar-refractivity contribution is 4.95. The number of likely N-dealkylation sites (tertiary alicyclic amines) is 1. The van der Waals surface area contributed by atoms with Gasteiger partial charge < -0.3 is 15.5 Å². The molecule has 2 aliphatic heterocycles. The summed E-state index contributed by atoms with van der Waals surface area (Å²) in [4.78, 5) is 7.13. The lowest BCUT2D eigenvalue weighted by Crippen LogP contribution is -2.39. The Hall–Kier alpha value is -0.940. The first kappa shape index (κ1) is 7.70. The van der Waals surface area contributed by atoms with Gasteiger partial charge in [-0.1, -0.05) is 0 Å². The van der Waals surface area contributed by atoms with E-state index in [-0.39, 0.29) is 0 Å². The summed E-state index contributed by atoms with van der Waals surface area (Å²) < 4.78 is 0. The van der Waals surface area contributed by atoms with Crippen molar-refractivity contribution in [1.82, 2.24) is 15.9 Å². The number of hydrogen-bond acceptors (Lipinski definition) is 4. The third kappa shape index (κ3) is 1.46. The van der Waals surface area contributed by atoms with Crippen LogP contribution in [-0.2, 0) is 4.84 Å². The zero-order chi connectivity index (χ0) is 8.39. The van der Waals surface area contributed by atoms with Crippen LogP contribution in [0.2, 0.25) is 0 Å². The Balaban J connectivity index is 1.88. The molecule has 12 heavy (non-hydrogen) atoms. The van der Waals surface area contributed by atoms with E-state index in [2.05, 4.69) is 15.9 Å². The minimum absolute atomic E-state index is 0.355. The summed E-state index contributed by atoms with van der Waals surface area (Å²) in [5.74, 6) is 0.807. The molecule has 67 valence electrons. The van der Waals surface area contributed by atoms with Gasteiger partial charge in [0.05, 0.1) is 11.8 Å². The van der Waals surface area contributed by atoms with Crippen molar-refractivity contribution in [2.24, 2.45) is 5.73 Å². The first-order valence-corrected chi connectivity index (χ1v) is 4.19. The molecule has 0 atom stereocenters. The molecule has 0 aliphatic carbocycles. The summed E-state index contributed by atoms with van der Waals surface area (Å²) in [6.45, 7) is 1.92. The zero-order valence-corrected chi connectivity index (χ0v) is 6.86. The number of piperidine rings is 1. The highest BCUT2D eigenvalue weighted by Gasteiger charge is 2.21. The molecule has 0 unspecified atom stereocenters. The fourth-order valence-corrected chi connectivity index (χ4v) is 1.45. The van der Waals surface area contributed by atoms with Crippen LogP contribution in [0.25, 0.3) is 0 Å². The van der Waals surface area contributed by atoms with Crippen LogP contribution in [-0.4, -0.2) is 24.0 Å². The highest BCUT2D eigenvalue weighted by atomic mass is 16.7. The maximum atomic E-state index is 5.77. The van der Waals surface area contributed by atoms with Crippen LogP contribution in [0.3, 0.4) is 0 Å². The largest absolute Gasteiger partial charge is 0.347 e. The van der Waals surface area contributed by atoms with Gasteiger partial charge in [-0.05, 0) is 12.8 Å². The molecule has 1 saturated heterocycles. The molecule has 0 aromatic carbocycles. The molecule has 5 nitrogen and oxygen atoms in total. The fraction of sp³-hybridized carbons (Fsp3) is 0.714. The topological polar surface area (TPSA) is 64.6 Å². The molecule has 0 aromatic heterocycles. The average Bonchev–Trinajstić information content (AvgIpc) is 2.58. The maximum Gasteiger partial charge on any atom is 0.236 e. The van der Waals surface area contributed by atoms with Crippen LogP contribution in [0.4, 0.5) is 0 Å². The summed E-state index contributed by atoms with van der Waals surface area (Å²) in [6.07, 6.45) is 3.82. The van der Waals surface area contributed by atoms with Crippen molar-refractivity contribution in [2.75, 3.05) is 13.1 Å². The SMILES string of the molecule is NC1CCN(C2=CN[N]O2)CC1. The van der Waals surface area contributed by atoms with Gasteiger partial charge in [-0.2, -0.15) is 0 Å². The van der Waals surface area contributed by atoms with Gasteiger partial charge in [0, 0.05) is 19.1 Å². The van der Waals surface area contributed by atoms with E-state index in [1.807, 2.05) is 0 Å². The van der Waals surface area contributed by atoms with Crippen molar-refractivity contribution in [3.63, 3.8) is 0 Å². The Morgan fingerprint density at radius 2 is 2.33 bits per heavy atom. The average molecular weight is 169 g/mol. The van der Waals surface area contributed by atoms with E-state index in [1.165, 1.54) is 0 Å². The molecule has 0 spiro atoms. The molecule has 0 bridgehead atoms. The molecular formula is C7H13N4O. The molecule has 5 heteroatoms. The van der Waals surface area contributed by atoms with Gasteiger partial charge in [0.1, 0.15) is 0 Å². The third-order valence-electron chi connectivity index (χ3n) is 2.23. The molecule has 3 N–H and O–H groups in total. The van der Waals surface area contributed by atoms with Gasteiger partial charge >= 0.3 is 0 Å². The minimum atomic E-state index is 0.355. The third-order valence-corrected chi connectivity index (χ3v) is 2.23. The predicted octanol–water partition coefficient (Wildman–Crippen LogP) is -0.737. The number of rotatable bonds is 1. The lowest BCUT2D eigenvalue weighted by molar-refractivity contribution is 0.0363. The van der Waals surface area contributed by atoms with Crippen molar-refractivity contribution < 1.29 is 4.84 Å². The van der Waals surface area contributed by atoms with Crippen molar-refractivity contribution in [3.8, 4) is 0 Å². The number of nitrogens with zero attached hydrogens (tertiary/aromatic N) is 2. The Morgan fingerprint density at radius 3 is 2.92 bits per heavy atom. The minimum Gasteiger partial charge on any atom is -0.347 e. The standard InChI is InChI=1S/C7H13N4O/c8-6-1-3-11(4-2-6)7-5-9-10-12-7/h5-6,9H,1-4,8H2. The van der Waals surface area contributed by atoms with E-state index in [9.17, 15) is 0 Å². The Labute approximate surface area is 71.5 Å². The first-order chi connectivity index (χ1) is 5.86. The van der Waals surface area contributed by atoms with Crippen molar-refractivity contribution >= 4 is 0 Å². The predicted molar refractivity (Wildman–Crippen MR) is 43.2 cm³/mol. The van der Waals surface area contributed by atoms with Crippen LogP contribution in [0.1, 0.15) is 12.8 Å². The monoisotopic (exact) mass is 169 g/mol. The molecule has 2 heterocycles.